The number of hydrogen-bond acceptors (Lipinski definition) is 5. The molecule has 128 valence electrons. The van der Waals surface area contributed by atoms with Crippen molar-refractivity contribution in [2.24, 2.45) is 0 Å². The summed E-state index contributed by atoms with van der Waals surface area (Å²) in [5.41, 5.74) is 1.78. The number of thiophene rings is 1. The third-order valence-corrected chi connectivity index (χ3v) is 5.11. The van der Waals surface area contributed by atoms with Crippen LogP contribution in [-0.4, -0.2) is 34.3 Å². The van der Waals surface area contributed by atoms with Crippen molar-refractivity contribution in [2.45, 2.75) is 25.8 Å². The van der Waals surface area contributed by atoms with Gasteiger partial charge in [0.05, 0.1) is 11.4 Å². The lowest BCUT2D eigenvalue weighted by Gasteiger charge is -2.04. The van der Waals surface area contributed by atoms with Gasteiger partial charge in [-0.2, -0.15) is 5.10 Å². The molecule has 0 radical (unpaired) electrons. The number of fused-ring (bicyclic) bond motifs is 1. The van der Waals surface area contributed by atoms with E-state index in [0.717, 1.165) is 34.4 Å². The number of aromatic nitrogens is 2. The van der Waals surface area contributed by atoms with Crippen molar-refractivity contribution in [3.05, 3.63) is 47.0 Å². The fraction of sp³-hybridized carbons (Fsp3) is 0.278. The summed E-state index contributed by atoms with van der Waals surface area (Å²) in [4.78, 5) is 25.3. The van der Waals surface area contributed by atoms with Gasteiger partial charge in [-0.3, -0.25) is 4.79 Å². The van der Waals surface area contributed by atoms with Gasteiger partial charge in [-0.25, -0.2) is 9.48 Å². The van der Waals surface area contributed by atoms with Crippen molar-refractivity contribution in [3.8, 4) is 5.69 Å². The third kappa shape index (κ3) is 3.28. The Bertz CT molecular complexity index is 941. The number of aryl methyl sites for hydroxylation is 1. The second-order valence-corrected chi connectivity index (χ2v) is 7.11. The van der Waals surface area contributed by atoms with Crippen molar-refractivity contribution in [1.29, 1.82) is 0 Å². The molecule has 0 unspecified atom stereocenters. The Morgan fingerprint density at radius 2 is 2.08 bits per heavy atom. The van der Waals surface area contributed by atoms with Crippen LogP contribution in [0.25, 0.3) is 15.9 Å². The molecule has 1 aromatic carbocycles. The summed E-state index contributed by atoms with van der Waals surface area (Å²) in [6, 6.07) is 11.8. The van der Waals surface area contributed by atoms with E-state index in [1.807, 2.05) is 41.9 Å². The fourth-order valence-electron chi connectivity index (χ4n) is 2.59. The lowest BCUT2D eigenvalue weighted by Crippen LogP contribution is -2.30. The van der Waals surface area contributed by atoms with Gasteiger partial charge in [-0.15, -0.1) is 11.3 Å². The Hall–Kier alpha value is -2.67. The molecule has 0 spiro atoms. The van der Waals surface area contributed by atoms with Crippen LogP contribution in [0.15, 0.2) is 36.4 Å². The first-order chi connectivity index (χ1) is 12.1. The van der Waals surface area contributed by atoms with Crippen LogP contribution in [0.5, 0.6) is 0 Å². The summed E-state index contributed by atoms with van der Waals surface area (Å²) in [6.07, 6.45) is 2.01. The van der Waals surface area contributed by atoms with Gasteiger partial charge in [-0.05, 0) is 38.0 Å². The number of carbonyl (C=O) groups excluding carboxylic acids is 2. The van der Waals surface area contributed by atoms with Gasteiger partial charge in [0.1, 0.15) is 9.71 Å². The van der Waals surface area contributed by atoms with Gasteiger partial charge >= 0.3 is 5.97 Å². The van der Waals surface area contributed by atoms with Crippen LogP contribution >= 0.6 is 11.3 Å². The lowest BCUT2D eigenvalue weighted by molar-refractivity contribution is -0.124. The summed E-state index contributed by atoms with van der Waals surface area (Å²) in [5, 5.41) is 8.26. The molecule has 0 atom stereocenters. The van der Waals surface area contributed by atoms with E-state index in [1.165, 1.54) is 11.3 Å². The van der Waals surface area contributed by atoms with Crippen molar-refractivity contribution < 1.29 is 14.3 Å². The summed E-state index contributed by atoms with van der Waals surface area (Å²) >= 11 is 1.32. The fourth-order valence-corrected chi connectivity index (χ4v) is 3.67. The monoisotopic (exact) mass is 355 g/mol. The van der Waals surface area contributed by atoms with E-state index in [4.69, 9.17) is 4.74 Å². The maximum atomic E-state index is 12.3. The smallest absolute Gasteiger partial charge is 0.348 e. The molecule has 25 heavy (non-hydrogen) atoms. The van der Waals surface area contributed by atoms with Crippen molar-refractivity contribution >= 4 is 33.4 Å². The summed E-state index contributed by atoms with van der Waals surface area (Å²) in [7, 11) is 0. The molecule has 2 heterocycles. The van der Waals surface area contributed by atoms with E-state index < -0.39 is 5.97 Å². The van der Waals surface area contributed by atoms with Crippen LogP contribution in [0.3, 0.4) is 0 Å². The number of nitrogens with one attached hydrogen (secondary N) is 1. The first kappa shape index (κ1) is 15.8. The Labute approximate surface area is 148 Å². The van der Waals surface area contributed by atoms with E-state index in [9.17, 15) is 9.59 Å². The van der Waals surface area contributed by atoms with Gasteiger partial charge < -0.3 is 10.1 Å². The van der Waals surface area contributed by atoms with Crippen LogP contribution in [-0.2, 0) is 9.53 Å². The number of carbonyl (C=O) groups is 2. The molecule has 1 aliphatic rings. The first-order valence-corrected chi connectivity index (χ1v) is 8.94. The highest BCUT2D eigenvalue weighted by Crippen LogP contribution is 2.30. The third-order valence-electron chi connectivity index (χ3n) is 4.02. The average molecular weight is 355 g/mol. The van der Waals surface area contributed by atoms with E-state index >= 15 is 0 Å². The minimum atomic E-state index is -0.480. The summed E-state index contributed by atoms with van der Waals surface area (Å²) in [5.74, 6) is -0.727. The zero-order chi connectivity index (χ0) is 17.4. The lowest BCUT2D eigenvalue weighted by atomic mass is 10.3. The zero-order valence-electron chi connectivity index (χ0n) is 13.7. The molecule has 0 bridgehead atoms. The number of ether oxygens (including phenoxy) is 1. The van der Waals surface area contributed by atoms with Gasteiger partial charge in [0, 0.05) is 11.4 Å². The second kappa shape index (κ2) is 6.33. The highest BCUT2D eigenvalue weighted by molar-refractivity contribution is 7.20. The van der Waals surface area contributed by atoms with E-state index in [0.29, 0.717) is 4.88 Å². The van der Waals surface area contributed by atoms with Crippen molar-refractivity contribution in [3.63, 3.8) is 0 Å². The standard InChI is InChI=1S/C18H17N3O3S/c1-11-14-9-15(18(23)24-10-16(22)19-12-7-8-12)25-17(14)21(20-11)13-5-3-2-4-6-13/h2-6,9,12H,7-8,10H2,1H3,(H,19,22). The molecule has 7 heteroatoms. The normalized spacial score (nSPS) is 13.8. The molecule has 2 aromatic heterocycles. The van der Waals surface area contributed by atoms with Crippen LogP contribution in [0.2, 0.25) is 0 Å². The molecule has 1 aliphatic carbocycles. The summed E-state index contributed by atoms with van der Waals surface area (Å²) in [6.45, 7) is 1.67. The maximum Gasteiger partial charge on any atom is 0.348 e. The van der Waals surface area contributed by atoms with Gasteiger partial charge in [-0.1, -0.05) is 18.2 Å². The molecule has 1 saturated carbocycles. The molecular weight excluding hydrogens is 338 g/mol. The van der Waals surface area contributed by atoms with E-state index in [-0.39, 0.29) is 18.6 Å². The van der Waals surface area contributed by atoms with E-state index in [1.54, 1.807) is 6.07 Å². The number of nitrogens with zero attached hydrogens (tertiary/aromatic N) is 2. The van der Waals surface area contributed by atoms with Crippen LogP contribution in [0.1, 0.15) is 28.2 Å². The minimum absolute atomic E-state index is 0.243. The molecule has 1 fully saturated rings. The Morgan fingerprint density at radius 3 is 2.80 bits per heavy atom. The topological polar surface area (TPSA) is 73.2 Å². The SMILES string of the molecule is Cc1nn(-c2ccccc2)c2sc(C(=O)OCC(=O)NC3CC3)cc12. The van der Waals surface area contributed by atoms with Crippen LogP contribution < -0.4 is 5.32 Å². The molecule has 0 saturated heterocycles. The number of rotatable bonds is 5. The van der Waals surface area contributed by atoms with Crippen LogP contribution in [0.4, 0.5) is 0 Å². The van der Waals surface area contributed by atoms with Gasteiger partial charge in [0.25, 0.3) is 5.91 Å². The van der Waals surface area contributed by atoms with Crippen LogP contribution in [0, 0.1) is 6.92 Å². The predicted molar refractivity (Wildman–Crippen MR) is 95.1 cm³/mol. The number of para-hydroxylation sites is 1. The Morgan fingerprint density at radius 1 is 1.32 bits per heavy atom. The molecule has 1 amide bonds. The Kier molecular flexibility index (Phi) is 4.01. The molecule has 1 N–H and O–H groups in total. The molecule has 3 aromatic rings. The second-order valence-electron chi connectivity index (χ2n) is 6.08. The average Bonchev–Trinajstić information content (AvgIpc) is 3.22. The highest BCUT2D eigenvalue weighted by Gasteiger charge is 2.24. The number of amides is 1. The quantitative estimate of drug-likeness (QED) is 0.714. The zero-order valence-corrected chi connectivity index (χ0v) is 14.5. The van der Waals surface area contributed by atoms with Crippen molar-refractivity contribution in [1.82, 2.24) is 15.1 Å². The van der Waals surface area contributed by atoms with Crippen molar-refractivity contribution in [2.75, 3.05) is 6.61 Å². The minimum Gasteiger partial charge on any atom is -0.451 e. The van der Waals surface area contributed by atoms with Gasteiger partial charge in [0.15, 0.2) is 6.61 Å². The van der Waals surface area contributed by atoms with Gasteiger partial charge in [0.2, 0.25) is 0 Å². The van der Waals surface area contributed by atoms with E-state index in [2.05, 4.69) is 10.4 Å². The predicted octanol–water partition coefficient (Wildman–Crippen LogP) is 2.83. The first-order valence-electron chi connectivity index (χ1n) is 8.13. The molecular formula is C18H17N3O3S. The molecule has 0 aliphatic heterocycles. The largest absolute Gasteiger partial charge is 0.451 e. The Balaban J connectivity index is 1.54. The molecule has 6 nitrogen and oxygen atoms in total. The summed E-state index contributed by atoms with van der Waals surface area (Å²) < 4.78 is 6.96. The highest BCUT2D eigenvalue weighted by atomic mass is 32.1. The molecule has 4 rings (SSSR count). The maximum absolute atomic E-state index is 12.3. The number of benzene rings is 1. The number of hydrogen-bond donors (Lipinski definition) is 1. The number of esters is 1.